The number of nitrogens with zero attached hydrogens (tertiary/aromatic N) is 1. The number of aromatic nitrogens is 1. The molecule has 0 N–H and O–H groups in total. The van der Waals surface area contributed by atoms with Crippen molar-refractivity contribution >= 4 is 22.9 Å². The fourth-order valence-corrected chi connectivity index (χ4v) is 2.62. The molecular weight excluding hydrogens is 295 g/mol. The van der Waals surface area contributed by atoms with Crippen molar-refractivity contribution in [2.75, 3.05) is 5.88 Å². The molecule has 6 heteroatoms. The van der Waals surface area contributed by atoms with Gasteiger partial charge in [-0.1, -0.05) is 12.1 Å². The quantitative estimate of drug-likeness (QED) is 0.724. The van der Waals surface area contributed by atoms with E-state index in [4.69, 9.17) is 11.6 Å². The zero-order chi connectivity index (χ0) is 13.9. The van der Waals surface area contributed by atoms with Gasteiger partial charge in [0.1, 0.15) is 5.01 Å². The summed E-state index contributed by atoms with van der Waals surface area (Å²) in [5, 5.41) is 2.47. The first-order chi connectivity index (χ1) is 9.00. The first-order valence-electron chi connectivity index (χ1n) is 5.68. The van der Waals surface area contributed by atoms with E-state index in [1.165, 1.54) is 17.4 Å². The summed E-state index contributed by atoms with van der Waals surface area (Å²) in [7, 11) is 0. The summed E-state index contributed by atoms with van der Waals surface area (Å²) in [4.78, 5) is 4.33. The predicted octanol–water partition coefficient (Wildman–Crippen LogP) is 5.00. The zero-order valence-electron chi connectivity index (χ0n) is 9.88. The van der Waals surface area contributed by atoms with Crippen LogP contribution < -0.4 is 0 Å². The van der Waals surface area contributed by atoms with Crippen LogP contribution in [0.4, 0.5) is 13.2 Å². The van der Waals surface area contributed by atoms with Crippen LogP contribution in [0.25, 0.3) is 10.6 Å². The van der Waals surface area contributed by atoms with Gasteiger partial charge in [0.2, 0.25) is 0 Å². The number of aryl methyl sites for hydroxylation is 1. The second kappa shape index (κ2) is 5.92. The first kappa shape index (κ1) is 14.3. The number of hydrogen-bond donors (Lipinski definition) is 0. The molecule has 0 radical (unpaired) electrons. The van der Waals surface area contributed by atoms with Crippen molar-refractivity contribution in [1.82, 2.24) is 4.98 Å². The fraction of sp³-hybridized carbons (Fsp3) is 0.308. The molecule has 0 amide bonds. The van der Waals surface area contributed by atoms with E-state index in [1.807, 2.05) is 5.38 Å². The lowest BCUT2D eigenvalue weighted by Crippen LogP contribution is -2.04. The Morgan fingerprint density at radius 3 is 2.74 bits per heavy atom. The molecule has 0 unspecified atom stereocenters. The van der Waals surface area contributed by atoms with Crippen LogP contribution in [-0.4, -0.2) is 10.9 Å². The van der Waals surface area contributed by atoms with Crippen LogP contribution >= 0.6 is 22.9 Å². The Hall–Kier alpha value is -1.07. The van der Waals surface area contributed by atoms with Crippen molar-refractivity contribution in [3.63, 3.8) is 0 Å². The summed E-state index contributed by atoms with van der Waals surface area (Å²) in [6.45, 7) is 0. The van der Waals surface area contributed by atoms with E-state index in [0.717, 1.165) is 30.7 Å². The lowest BCUT2D eigenvalue weighted by molar-refractivity contribution is -0.137. The second-order valence-electron chi connectivity index (χ2n) is 4.02. The van der Waals surface area contributed by atoms with Crippen LogP contribution in [0.2, 0.25) is 0 Å². The van der Waals surface area contributed by atoms with Crippen LogP contribution in [0, 0.1) is 0 Å². The molecule has 0 aliphatic carbocycles. The maximum atomic E-state index is 12.6. The molecule has 0 spiro atoms. The average molecular weight is 306 g/mol. The number of alkyl halides is 4. The lowest BCUT2D eigenvalue weighted by Gasteiger charge is -2.07. The van der Waals surface area contributed by atoms with Gasteiger partial charge in [-0.05, 0) is 25.0 Å². The van der Waals surface area contributed by atoms with Crippen molar-refractivity contribution in [3.05, 3.63) is 40.9 Å². The summed E-state index contributed by atoms with van der Waals surface area (Å²) in [6.07, 6.45) is -2.76. The maximum Gasteiger partial charge on any atom is 0.416 e. The molecule has 1 nitrogen and oxygen atoms in total. The van der Waals surface area contributed by atoms with E-state index >= 15 is 0 Å². The van der Waals surface area contributed by atoms with E-state index in [2.05, 4.69) is 4.98 Å². The SMILES string of the molecule is FC(F)(F)c1cccc(-c2nc(CCCCl)cs2)c1. The molecular formula is C13H11ClF3NS. The van der Waals surface area contributed by atoms with Gasteiger partial charge in [-0.3, -0.25) is 0 Å². The summed E-state index contributed by atoms with van der Waals surface area (Å²) in [5.41, 5.74) is 0.720. The Morgan fingerprint density at radius 2 is 2.05 bits per heavy atom. The number of benzene rings is 1. The number of halogens is 4. The van der Waals surface area contributed by atoms with Gasteiger partial charge in [0.25, 0.3) is 0 Å². The van der Waals surface area contributed by atoms with Crippen LogP contribution in [0.5, 0.6) is 0 Å². The van der Waals surface area contributed by atoms with Crippen molar-refractivity contribution in [3.8, 4) is 10.6 Å². The Kier molecular flexibility index (Phi) is 4.47. The molecule has 0 aliphatic heterocycles. The third kappa shape index (κ3) is 3.70. The van der Waals surface area contributed by atoms with E-state index in [0.29, 0.717) is 16.5 Å². The van der Waals surface area contributed by atoms with Crippen molar-refractivity contribution in [2.24, 2.45) is 0 Å². The topological polar surface area (TPSA) is 12.9 Å². The zero-order valence-corrected chi connectivity index (χ0v) is 11.4. The van der Waals surface area contributed by atoms with E-state index in [9.17, 15) is 13.2 Å². The molecule has 2 aromatic rings. The Bertz CT molecular complexity index is 551. The van der Waals surface area contributed by atoms with Crippen LogP contribution in [0.15, 0.2) is 29.6 Å². The minimum absolute atomic E-state index is 0.497. The molecule has 0 aliphatic rings. The van der Waals surface area contributed by atoms with E-state index in [1.54, 1.807) is 6.07 Å². The summed E-state index contributed by atoms with van der Waals surface area (Å²) >= 11 is 6.95. The highest BCUT2D eigenvalue weighted by atomic mass is 35.5. The summed E-state index contributed by atoms with van der Waals surface area (Å²) in [5.74, 6) is 0.552. The maximum absolute atomic E-state index is 12.6. The normalized spacial score (nSPS) is 11.8. The fourth-order valence-electron chi connectivity index (χ4n) is 1.63. The number of rotatable bonds is 4. The van der Waals surface area contributed by atoms with Gasteiger partial charge in [0.05, 0.1) is 11.3 Å². The van der Waals surface area contributed by atoms with Crippen molar-refractivity contribution in [1.29, 1.82) is 0 Å². The smallest absolute Gasteiger partial charge is 0.241 e. The highest BCUT2D eigenvalue weighted by Gasteiger charge is 2.30. The highest BCUT2D eigenvalue weighted by Crippen LogP contribution is 2.33. The van der Waals surface area contributed by atoms with Gasteiger partial charge < -0.3 is 0 Å². The van der Waals surface area contributed by atoms with E-state index < -0.39 is 11.7 Å². The minimum Gasteiger partial charge on any atom is -0.241 e. The standard InChI is InChI=1S/C13H11ClF3NS/c14-6-2-5-11-8-19-12(18-11)9-3-1-4-10(7-9)13(15,16)17/h1,3-4,7-8H,2,5-6H2. The highest BCUT2D eigenvalue weighted by molar-refractivity contribution is 7.13. The Balaban J connectivity index is 2.24. The van der Waals surface area contributed by atoms with Gasteiger partial charge >= 0.3 is 6.18 Å². The van der Waals surface area contributed by atoms with E-state index in [-0.39, 0.29) is 0 Å². The Morgan fingerprint density at radius 1 is 1.26 bits per heavy atom. The van der Waals surface area contributed by atoms with Crippen LogP contribution in [-0.2, 0) is 12.6 Å². The van der Waals surface area contributed by atoms with Crippen LogP contribution in [0.1, 0.15) is 17.7 Å². The third-order valence-corrected chi connectivity index (χ3v) is 3.76. The number of hydrogen-bond acceptors (Lipinski definition) is 2. The van der Waals surface area contributed by atoms with Crippen molar-refractivity contribution in [2.45, 2.75) is 19.0 Å². The molecule has 1 heterocycles. The lowest BCUT2D eigenvalue weighted by atomic mass is 10.1. The van der Waals surface area contributed by atoms with Crippen LogP contribution in [0.3, 0.4) is 0 Å². The van der Waals surface area contributed by atoms with Gasteiger partial charge in [0, 0.05) is 16.8 Å². The van der Waals surface area contributed by atoms with Gasteiger partial charge in [0.15, 0.2) is 0 Å². The van der Waals surface area contributed by atoms with Gasteiger partial charge in [-0.15, -0.1) is 22.9 Å². The molecule has 0 atom stereocenters. The molecule has 0 fully saturated rings. The Labute approximate surface area is 118 Å². The monoisotopic (exact) mass is 305 g/mol. The number of thiazole rings is 1. The predicted molar refractivity (Wildman–Crippen MR) is 71.6 cm³/mol. The van der Waals surface area contributed by atoms with Gasteiger partial charge in [-0.25, -0.2) is 4.98 Å². The largest absolute Gasteiger partial charge is 0.416 e. The molecule has 19 heavy (non-hydrogen) atoms. The molecule has 102 valence electrons. The van der Waals surface area contributed by atoms with Crippen molar-refractivity contribution < 1.29 is 13.2 Å². The summed E-state index contributed by atoms with van der Waals surface area (Å²) in [6, 6.07) is 5.23. The first-order valence-corrected chi connectivity index (χ1v) is 7.10. The molecule has 1 aromatic carbocycles. The molecule has 0 saturated carbocycles. The molecule has 2 rings (SSSR count). The molecule has 0 bridgehead atoms. The third-order valence-electron chi connectivity index (χ3n) is 2.56. The van der Waals surface area contributed by atoms with Gasteiger partial charge in [-0.2, -0.15) is 13.2 Å². The second-order valence-corrected chi connectivity index (χ2v) is 5.25. The summed E-state index contributed by atoms with van der Waals surface area (Å²) < 4.78 is 37.9. The average Bonchev–Trinajstić information content (AvgIpc) is 2.84. The molecule has 1 aromatic heterocycles. The molecule has 0 saturated heterocycles. The minimum atomic E-state index is -4.32.